The summed E-state index contributed by atoms with van der Waals surface area (Å²) < 4.78 is 2.52. The van der Waals surface area contributed by atoms with Crippen LogP contribution in [0.5, 0.6) is 0 Å². The van der Waals surface area contributed by atoms with Crippen LogP contribution in [0.2, 0.25) is 0 Å². The van der Waals surface area contributed by atoms with Crippen molar-refractivity contribution in [3.63, 3.8) is 0 Å². The average Bonchev–Trinajstić information content (AvgIpc) is 3.44. The molecule has 0 radical (unpaired) electrons. The third-order valence-electron chi connectivity index (χ3n) is 6.80. The minimum absolute atomic E-state index is 0.399. The van der Waals surface area contributed by atoms with E-state index in [4.69, 9.17) is 0 Å². The van der Waals surface area contributed by atoms with Crippen molar-refractivity contribution in [2.24, 2.45) is 0 Å². The van der Waals surface area contributed by atoms with E-state index >= 15 is 0 Å². The summed E-state index contributed by atoms with van der Waals surface area (Å²) in [6.45, 7) is 6.33. The average molecular weight is 400 g/mol. The van der Waals surface area contributed by atoms with Crippen LogP contribution in [-0.2, 0) is 0 Å². The van der Waals surface area contributed by atoms with Crippen molar-refractivity contribution in [2.45, 2.75) is 25.8 Å². The quantitative estimate of drug-likeness (QED) is 0.211. The van der Waals surface area contributed by atoms with Gasteiger partial charge in [-0.2, -0.15) is 0 Å². The number of allylic oxidation sites excluding steroid dienone is 3. The van der Waals surface area contributed by atoms with Gasteiger partial charge in [0.15, 0.2) is 0 Å². The summed E-state index contributed by atoms with van der Waals surface area (Å²) in [5.41, 5.74) is 3.79. The van der Waals surface area contributed by atoms with Gasteiger partial charge in [0, 0.05) is 16.6 Å². The first-order chi connectivity index (χ1) is 15.3. The van der Waals surface area contributed by atoms with Crippen LogP contribution in [0, 0.1) is 0 Å². The summed E-state index contributed by atoms with van der Waals surface area (Å²) in [6, 6.07) is 22.8. The molecule has 1 heterocycles. The normalized spacial score (nSPS) is 16.5. The molecular formula is C30H25N. The first kappa shape index (κ1) is 18.2. The Labute approximate surface area is 182 Å². The molecule has 0 aliphatic heterocycles. The van der Waals surface area contributed by atoms with Crippen molar-refractivity contribution in [2.75, 3.05) is 0 Å². The number of hydrogen-bond donors (Lipinski definition) is 0. The third kappa shape index (κ3) is 2.56. The molecule has 5 aromatic rings. The van der Waals surface area contributed by atoms with Crippen molar-refractivity contribution in [3.8, 4) is 0 Å². The zero-order valence-electron chi connectivity index (χ0n) is 17.8. The van der Waals surface area contributed by atoms with Gasteiger partial charge in [-0.25, -0.2) is 0 Å². The monoisotopic (exact) mass is 399 g/mol. The number of aromatic nitrogens is 1. The lowest BCUT2D eigenvalue weighted by Crippen LogP contribution is -2.05. The molecule has 6 rings (SSSR count). The molecule has 1 atom stereocenters. The van der Waals surface area contributed by atoms with Gasteiger partial charge in [-0.05, 0) is 64.2 Å². The van der Waals surface area contributed by atoms with E-state index in [0.29, 0.717) is 6.04 Å². The van der Waals surface area contributed by atoms with Crippen molar-refractivity contribution in [3.05, 3.63) is 96.7 Å². The number of nitrogens with zero attached hydrogens (tertiary/aromatic N) is 1. The summed E-state index contributed by atoms with van der Waals surface area (Å²) in [4.78, 5) is 0. The van der Waals surface area contributed by atoms with E-state index in [2.05, 4.69) is 103 Å². The fourth-order valence-electron chi connectivity index (χ4n) is 5.49. The van der Waals surface area contributed by atoms with E-state index in [1.807, 2.05) is 6.08 Å². The second-order valence-corrected chi connectivity index (χ2v) is 8.45. The molecule has 0 N–H and O–H groups in total. The van der Waals surface area contributed by atoms with E-state index in [1.54, 1.807) is 0 Å². The van der Waals surface area contributed by atoms with E-state index in [1.165, 1.54) is 54.5 Å². The molecule has 1 aliphatic carbocycles. The van der Waals surface area contributed by atoms with Crippen molar-refractivity contribution < 1.29 is 0 Å². The second-order valence-electron chi connectivity index (χ2n) is 8.45. The molecule has 1 heteroatoms. The van der Waals surface area contributed by atoms with Gasteiger partial charge in [-0.15, -0.1) is 0 Å². The highest BCUT2D eigenvalue weighted by Crippen LogP contribution is 2.42. The van der Waals surface area contributed by atoms with Gasteiger partial charge < -0.3 is 4.57 Å². The van der Waals surface area contributed by atoms with Gasteiger partial charge in [0.25, 0.3) is 0 Å². The Morgan fingerprint density at radius 1 is 0.871 bits per heavy atom. The van der Waals surface area contributed by atoms with E-state index in [-0.39, 0.29) is 0 Å². The Kier molecular flexibility index (Phi) is 4.11. The maximum absolute atomic E-state index is 4.24. The molecule has 0 amide bonds. The largest absolute Gasteiger partial charge is 0.333 e. The molecule has 1 nitrogen and oxygen atoms in total. The summed E-state index contributed by atoms with van der Waals surface area (Å²) >= 11 is 0. The second kappa shape index (κ2) is 6.99. The first-order valence-corrected chi connectivity index (χ1v) is 11.1. The van der Waals surface area contributed by atoms with Crippen LogP contribution >= 0.6 is 0 Å². The molecule has 1 aliphatic rings. The van der Waals surface area contributed by atoms with Gasteiger partial charge >= 0.3 is 0 Å². The van der Waals surface area contributed by atoms with Gasteiger partial charge in [-0.3, -0.25) is 0 Å². The van der Waals surface area contributed by atoms with E-state index in [0.717, 1.165) is 12.8 Å². The molecule has 31 heavy (non-hydrogen) atoms. The zero-order chi connectivity index (χ0) is 20.9. The molecule has 1 unspecified atom stereocenters. The van der Waals surface area contributed by atoms with Crippen molar-refractivity contribution in [1.29, 1.82) is 0 Å². The summed E-state index contributed by atoms with van der Waals surface area (Å²) in [7, 11) is 0. The van der Waals surface area contributed by atoms with Crippen LogP contribution < -0.4 is 0 Å². The van der Waals surface area contributed by atoms with Crippen LogP contribution in [0.15, 0.2) is 85.5 Å². The Balaban J connectivity index is 1.85. The highest BCUT2D eigenvalue weighted by Gasteiger charge is 2.22. The highest BCUT2D eigenvalue weighted by atomic mass is 15.0. The molecule has 0 saturated carbocycles. The lowest BCUT2D eigenvalue weighted by atomic mass is 9.94. The Hall–Kier alpha value is -3.58. The molecule has 0 saturated heterocycles. The minimum Gasteiger partial charge on any atom is -0.333 e. The minimum atomic E-state index is 0.399. The molecule has 150 valence electrons. The molecule has 4 aromatic carbocycles. The molecule has 0 fully saturated rings. The van der Waals surface area contributed by atoms with Crippen molar-refractivity contribution in [1.82, 2.24) is 4.57 Å². The van der Waals surface area contributed by atoms with E-state index in [9.17, 15) is 0 Å². The van der Waals surface area contributed by atoms with Crippen LogP contribution in [0.3, 0.4) is 0 Å². The lowest BCUT2D eigenvalue weighted by Gasteiger charge is -2.16. The summed E-state index contributed by atoms with van der Waals surface area (Å²) in [6.07, 6.45) is 13.4. The van der Waals surface area contributed by atoms with Crippen LogP contribution in [0.4, 0.5) is 0 Å². The molecule has 0 bridgehead atoms. The maximum atomic E-state index is 4.24. The SMILES string of the molecule is C=Cc1c(/C=C\C)n(C2C=CCC2)c2ccc3ccc4c5ccccc5ccc4c3c12. The third-order valence-corrected chi connectivity index (χ3v) is 6.80. The topological polar surface area (TPSA) is 4.93 Å². The Morgan fingerprint density at radius 3 is 2.48 bits per heavy atom. The van der Waals surface area contributed by atoms with Crippen LogP contribution in [0.25, 0.3) is 55.4 Å². The first-order valence-electron chi connectivity index (χ1n) is 11.1. The van der Waals surface area contributed by atoms with E-state index < -0.39 is 0 Å². The van der Waals surface area contributed by atoms with Gasteiger partial charge in [0.05, 0.1) is 11.6 Å². The molecule has 0 spiro atoms. The van der Waals surface area contributed by atoms with Crippen LogP contribution in [0.1, 0.15) is 37.1 Å². The number of fused-ring (bicyclic) bond motifs is 7. The van der Waals surface area contributed by atoms with Gasteiger partial charge in [-0.1, -0.05) is 85.5 Å². The number of benzene rings is 4. The zero-order valence-corrected chi connectivity index (χ0v) is 17.8. The Morgan fingerprint density at radius 2 is 1.68 bits per heavy atom. The number of rotatable bonds is 3. The summed E-state index contributed by atoms with van der Waals surface area (Å²) in [5.74, 6) is 0. The smallest absolute Gasteiger partial charge is 0.0525 e. The van der Waals surface area contributed by atoms with Gasteiger partial charge in [0.1, 0.15) is 0 Å². The fraction of sp³-hybridized carbons (Fsp3) is 0.133. The molecule has 1 aromatic heterocycles. The maximum Gasteiger partial charge on any atom is 0.0525 e. The predicted octanol–water partition coefficient (Wildman–Crippen LogP) is 8.67. The Bertz CT molecular complexity index is 1560. The lowest BCUT2D eigenvalue weighted by molar-refractivity contribution is 0.606. The predicted molar refractivity (Wildman–Crippen MR) is 137 cm³/mol. The van der Waals surface area contributed by atoms with Crippen LogP contribution in [-0.4, -0.2) is 4.57 Å². The van der Waals surface area contributed by atoms with Gasteiger partial charge in [0.2, 0.25) is 0 Å². The standard InChI is InChI=1S/C30H25N/c1-3-9-27-23(4-2)30-28(31(27)22-11-6-7-12-22)19-16-21-15-17-25-24-13-8-5-10-20(24)14-18-26(25)29(21)30/h3-6,8-11,13-19,22H,2,7,12H2,1H3/b9-3-. The fourth-order valence-corrected chi connectivity index (χ4v) is 5.49. The number of hydrogen-bond acceptors (Lipinski definition) is 0. The molecular weight excluding hydrogens is 374 g/mol. The summed E-state index contributed by atoms with van der Waals surface area (Å²) in [5, 5.41) is 9.17. The highest BCUT2D eigenvalue weighted by molar-refractivity contribution is 6.26. The van der Waals surface area contributed by atoms with Crippen molar-refractivity contribution >= 4 is 55.4 Å².